The maximum Gasteiger partial charge on any atom is 0.244 e. The number of benzene rings is 2. The third-order valence-electron chi connectivity index (χ3n) is 3.26. The molecule has 0 fully saturated rings. The summed E-state index contributed by atoms with van der Waals surface area (Å²) in [6.45, 7) is 0. The van der Waals surface area contributed by atoms with Crippen molar-refractivity contribution in [2.75, 3.05) is 14.2 Å². The fourth-order valence-corrected chi connectivity index (χ4v) is 2.81. The number of hydrogen-bond donors (Lipinski definition) is 2. The predicted octanol–water partition coefficient (Wildman–Crippen LogP) is 3.41. The summed E-state index contributed by atoms with van der Waals surface area (Å²) in [5, 5.41) is 13.6. The van der Waals surface area contributed by atoms with Gasteiger partial charge in [-0.05, 0) is 23.8 Å². The fourth-order valence-electron chi connectivity index (χ4n) is 2.11. The van der Waals surface area contributed by atoms with Gasteiger partial charge in [-0.2, -0.15) is 5.10 Å². The van der Waals surface area contributed by atoms with Gasteiger partial charge < -0.3 is 14.6 Å². The van der Waals surface area contributed by atoms with Crippen LogP contribution in [0.5, 0.6) is 17.2 Å². The summed E-state index contributed by atoms with van der Waals surface area (Å²) in [6, 6.07) is 7.91. The van der Waals surface area contributed by atoms with Crippen molar-refractivity contribution in [2.24, 2.45) is 5.10 Å². The van der Waals surface area contributed by atoms with Gasteiger partial charge >= 0.3 is 0 Å². The maximum atomic E-state index is 11.9. The molecule has 0 aromatic heterocycles. The normalized spacial score (nSPS) is 10.7. The van der Waals surface area contributed by atoms with Crippen LogP contribution in [0.25, 0.3) is 0 Å². The lowest BCUT2D eigenvalue weighted by Gasteiger charge is -2.12. The van der Waals surface area contributed by atoms with E-state index in [9.17, 15) is 9.90 Å². The topological polar surface area (TPSA) is 80.2 Å². The summed E-state index contributed by atoms with van der Waals surface area (Å²) in [7, 11) is 2.90. The summed E-state index contributed by atoms with van der Waals surface area (Å²) in [4.78, 5) is 11.9. The third kappa shape index (κ3) is 4.78. The SMILES string of the molecule is COc1c(Cl)cc(/C=N\NC(=O)Cc2ccc(O)cc2)c(OC)c1Cl. The first-order valence-electron chi connectivity index (χ1n) is 7.16. The minimum atomic E-state index is -0.313. The Labute approximate surface area is 155 Å². The van der Waals surface area contributed by atoms with Crippen LogP contribution >= 0.6 is 23.2 Å². The van der Waals surface area contributed by atoms with Gasteiger partial charge in [-0.15, -0.1) is 0 Å². The lowest BCUT2D eigenvalue weighted by Crippen LogP contribution is -2.19. The molecule has 0 atom stereocenters. The van der Waals surface area contributed by atoms with E-state index in [1.165, 1.54) is 32.6 Å². The van der Waals surface area contributed by atoms with E-state index in [4.69, 9.17) is 32.7 Å². The highest BCUT2D eigenvalue weighted by Gasteiger charge is 2.16. The number of aromatic hydroxyl groups is 1. The van der Waals surface area contributed by atoms with Crippen molar-refractivity contribution < 1.29 is 19.4 Å². The van der Waals surface area contributed by atoms with Gasteiger partial charge in [-0.1, -0.05) is 35.3 Å². The zero-order valence-corrected chi connectivity index (χ0v) is 15.1. The number of carbonyl (C=O) groups excluding carboxylic acids is 1. The molecule has 2 aromatic rings. The van der Waals surface area contributed by atoms with Crippen LogP contribution in [0.15, 0.2) is 35.4 Å². The van der Waals surface area contributed by atoms with Crippen LogP contribution in [0.2, 0.25) is 10.0 Å². The summed E-state index contributed by atoms with van der Waals surface area (Å²) >= 11 is 12.3. The zero-order chi connectivity index (χ0) is 18.4. The average Bonchev–Trinajstić information content (AvgIpc) is 2.57. The van der Waals surface area contributed by atoms with Crippen LogP contribution in [-0.2, 0) is 11.2 Å². The molecule has 0 spiro atoms. The van der Waals surface area contributed by atoms with E-state index in [0.717, 1.165) is 5.56 Å². The van der Waals surface area contributed by atoms with Crippen molar-refractivity contribution in [3.8, 4) is 17.2 Å². The summed E-state index contributed by atoms with van der Waals surface area (Å²) < 4.78 is 10.4. The van der Waals surface area contributed by atoms with Crippen LogP contribution in [-0.4, -0.2) is 31.4 Å². The molecule has 25 heavy (non-hydrogen) atoms. The Balaban J connectivity index is 2.08. The molecule has 0 bridgehead atoms. The molecule has 0 saturated heterocycles. The Bertz CT molecular complexity index is 792. The molecule has 1 amide bonds. The van der Waals surface area contributed by atoms with Crippen molar-refractivity contribution >= 4 is 35.3 Å². The molecule has 0 aliphatic heterocycles. The third-order valence-corrected chi connectivity index (χ3v) is 3.89. The van der Waals surface area contributed by atoms with E-state index < -0.39 is 0 Å². The number of methoxy groups -OCH3 is 2. The second-order valence-corrected chi connectivity index (χ2v) is 5.75. The van der Waals surface area contributed by atoms with Crippen molar-refractivity contribution in [1.82, 2.24) is 5.43 Å². The Hall–Kier alpha value is -2.44. The van der Waals surface area contributed by atoms with Gasteiger partial charge in [0.1, 0.15) is 16.5 Å². The molecule has 2 aromatic carbocycles. The van der Waals surface area contributed by atoms with Crippen LogP contribution < -0.4 is 14.9 Å². The highest BCUT2D eigenvalue weighted by molar-refractivity contribution is 6.38. The first-order chi connectivity index (χ1) is 12.0. The minimum Gasteiger partial charge on any atom is -0.508 e. The van der Waals surface area contributed by atoms with E-state index in [0.29, 0.717) is 22.1 Å². The van der Waals surface area contributed by atoms with Gasteiger partial charge in [0.25, 0.3) is 0 Å². The van der Waals surface area contributed by atoms with E-state index in [2.05, 4.69) is 10.5 Å². The quantitative estimate of drug-likeness (QED) is 0.592. The second kappa shape index (κ2) is 8.60. The zero-order valence-electron chi connectivity index (χ0n) is 13.5. The molecule has 2 rings (SSSR count). The molecule has 132 valence electrons. The summed E-state index contributed by atoms with van der Waals surface area (Å²) in [5.41, 5.74) is 3.65. The molecule has 2 N–H and O–H groups in total. The number of halogens is 2. The van der Waals surface area contributed by atoms with Crippen molar-refractivity contribution in [2.45, 2.75) is 6.42 Å². The van der Waals surface area contributed by atoms with Crippen LogP contribution in [0, 0.1) is 0 Å². The number of rotatable bonds is 6. The van der Waals surface area contributed by atoms with Gasteiger partial charge in [-0.25, -0.2) is 5.43 Å². The number of hydrogen-bond acceptors (Lipinski definition) is 5. The lowest BCUT2D eigenvalue weighted by atomic mass is 10.1. The number of nitrogens with zero attached hydrogens (tertiary/aromatic N) is 1. The van der Waals surface area contributed by atoms with E-state index in [-0.39, 0.29) is 23.1 Å². The van der Waals surface area contributed by atoms with Crippen molar-refractivity contribution in [3.05, 3.63) is 51.5 Å². The monoisotopic (exact) mass is 382 g/mol. The van der Waals surface area contributed by atoms with Crippen LogP contribution in [0.1, 0.15) is 11.1 Å². The Morgan fingerprint density at radius 3 is 2.44 bits per heavy atom. The fraction of sp³-hybridized carbons (Fsp3) is 0.176. The van der Waals surface area contributed by atoms with Gasteiger partial charge in [0.2, 0.25) is 5.91 Å². The molecule has 0 saturated carbocycles. The molecule has 6 nitrogen and oxygen atoms in total. The van der Waals surface area contributed by atoms with Crippen molar-refractivity contribution in [1.29, 1.82) is 0 Å². The van der Waals surface area contributed by atoms with Crippen LogP contribution in [0.4, 0.5) is 0 Å². The molecule has 0 unspecified atom stereocenters. The predicted molar refractivity (Wildman–Crippen MR) is 97.1 cm³/mol. The Morgan fingerprint density at radius 1 is 1.20 bits per heavy atom. The lowest BCUT2D eigenvalue weighted by molar-refractivity contribution is -0.120. The molecule has 0 aliphatic rings. The molecular weight excluding hydrogens is 367 g/mol. The Kier molecular flexibility index (Phi) is 6.50. The van der Waals surface area contributed by atoms with Crippen LogP contribution in [0.3, 0.4) is 0 Å². The number of amides is 1. The largest absolute Gasteiger partial charge is 0.508 e. The molecular formula is C17H16Cl2N2O4. The van der Waals surface area contributed by atoms with E-state index >= 15 is 0 Å². The molecule has 8 heteroatoms. The van der Waals surface area contributed by atoms with E-state index in [1.54, 1.807) is 18.2 Å². The molecule has 0 aliphatic carbocycles. The minimum absolute atomic E-state index is 0.124. The standard InChI is InChI=1S/C17H16Cl2N2O4/c1-24-16-11(8-13(18)17(25-2)15(16)19)9-20-21-14(23)7-10-3-5-12(22)6-4-10/h3-6,8-9,22H,7H2,1-2H3,(H,21,23)/b20-9-. The number of ether oxygens (including phenoxy) is 2. The first-order valence-corrected chi connectivity index (χ1v) is 7.91. The second-order valence-electron chi connectivity index (χ2n) is 4.96. The number of hydrazone groups is 1. The number of phenols is 1. The highest BCUT2D eigenvalue weighted by atomic mass is 35.5. The average molecular weight is 383 g/mol. The molecule has 0 radical (unpaired) electrons. The highest BCUT2D eigenvalue weighted by Crippen LogP contribution is 2.41. The maximum absolute atomic E-state index is 11.9. The van der Waals surface area contributed by atoms with Gasteiger partial charge in [-0.3, -0.25) is 4.79 Å². The van der Waals surface area contributed by atoms with Crippen molar-refractivity contribution in [3.63, 3.8) is 0 Å². The Morgan fingerprint density at radius 2 is 1.84 bits per heavy atom. The summed E-state index contributed by atoms with van der Waals surface area (Å²) in [6.07, 6.45) is 1.50. The van der Waals surface area contributed by atoms with E-state index in [1.807, 2.05) is 0 Å². The first kappa shape index (κ1) is 18.9. The summed E-state index contributed by atoms with van der Waals surface area (Å²) in [5.74, 6) is 0.460. The molecule has 0 heterocycles. The number of carbonyl (C=O) groups is 1. The van der Waals surface area contributed by atoms with Gasteiger partial charge in [0, 0.05) is 5.56 Å². The van der Waals surface area contributed by atoms with Gasteiger partial charge in [0.05, 0.1) is 31.9 Å². The smallest absolute Gasteiger partial charge is 0.244 e. The van der Waals surface area contributed by atoms with Gasteiger partial charge in [0.15, 0.2) is 5.75 Å². The number of phenolic OH excluding ortho intramolecular Hbond substituents is 1. The number of nitrogens with one attached hydrogen (secondary N) is 1.